The summed E-state index contributed by atoms with van der Waals surface area (Å²) in [7, 11) is 1.56. The van der Waals surface area contributed by atoms with Gasteiger partial charge in [-0.05, 0) is 81.5 Å². The highest BCUT2D eigenvalue weighted by Gasteiger charge is 2.19. The van der Waals surface area contributed by atoms with Gasteiger partial charge in [0.15, 0.2) is 5.58 Å². The average Bonchev–Trinajstić information content (AvgIpc) is 3.28. The molecular formula is C28H23BrN2O3. The predicted octanol–water partition coefficient (Wildman–Crippen LogP) is 7.54. The van der Waals surface area contributed by atoms with Gasteiger partial charge in [0.1, 0.15) is 11.3 Å². The molecule has 0 aliphatic rings. The van der Waals surface area contributed by atoms with E-state index in [0.717, 1.165) is 43.9 Å². The summed E-state index contributed by atoms with van der Waals surface area (Å²) >= 11 is 3.60. The molecule has 0 saturated carbocycles. The van der Waals surface area contributed by atoms with Crippen molar-refractivity contribution in [2.75, 3.05) is 12.4 Å². The van der Waals surface area contributed by atoms with E-state index >= 15 is 0 Å². The third-order valence-electron chi connectivity index (χ3n) is 5.98. The van der Waals surface area contributed by atoms with E-state index in [1.165, 1.54) is 5.56 Å². The van der Waals surface area contributed by atoms with E-state index in [2.05, 4.69) is 33.2 Å². The van der Waals surface area contributed by atoms with E-state index in [-0.39, 0.29) is 5.91 Å². The number of amides is 1. The molecule has 5 aromatic rings. The quantitative estimate of drug-likeness (QED) is 0.263. The zero-order valence-corrected chi connectivity index (χ0v) is 20.7. The van der Waals surface area contributed by atoms with Gasteiger partial charge in [-0.3, -0.25) is 4.79 Å². The lowest BCUT2D eigenvalue weighted by Crippen LogP contribution is -2.14. The zero-order valence-electron chi connectivity index (χ0n) is 19.1. The van der Waals surface area contributed by atoms with E-state index in [4.69, 9.17) is 9.15 Å². The number of hydrogen-bond acceptors (Lipinski definition) is 4. The second kappa shape index (κ2) is 8.95. The van der Waals surface area contributed by atoms with Crippen LogP contribution in [-0.2, 0) is 6.42 Å². The fraction of sp³-hybridized carbons (Fsp3) is 0.143. The van der Waals surface area contributed by atoms with Crippen LogP contribution in [0.15, 0.2) is 75.6 Å². The van der Waals surface area contributed by atoms with Crippen molar-refractivity contribution in [3.63, 3.8) is 0 Å². The Hall–Kier alpha value is -3.64. The molecule has 0 spiro atoms. The highest BCUT2D eigenvalue weighted by molar-refractivity contribution is 9.10. The molecule has 34 heavy (non-hydrogen) atoms. The van der Waals surface area contributed by atoms with Crippen LogP contribution in [0.3, 0.4) is 0 Å². The van der Waals surface area contributed by atoms with Crippen LogP contribution in [0.5, 0.6) is 5.75 Å². The van der Waals surface area contributed by atoms with Gasteiger partial charge in [-0.1, -0.05) is 43.3 Å². The van der Waals surface area contributed by atoms with Crippen molar-refractivity contribution in [3.05, 3.63) is 87.9 Å². The van der Waals surface area contributed by atoms with Gasteiger partial charge >= 0.3 is 0 Å². The summed E-state index contributed by atoms with van der Waals surface area (Å²) in [6, 6.07) is 21.5. The Morgan fingerprint density at radius 1 is 1.09 bits per heavy atom. The Morgan fingerprint density at radius 3 is 2.71 bits per heavy atom. The standard InChI is InChI=1S/C28H23BrN2O3/c1-4-17-10-12-24-23(13-17)31-28(34-24)19-11-9-16(2)22(15-19)30-27(32)21-14-18-7-5-6-8-20(18)25(29)26(21)33-3/h5-15H,4H2,1-3H3,(H,30,32). The van der Waals surface area contributed by atoms with Crippen molar-refractivity contribution in [2.24, 2.45) is 0 Å². The maximum Gasteiger partial charge on any atom is 0.259 e. The molecule has 1 amide bonds. The number of ether oxygens (including phenoxy) is 1. The van der Waals surface area contributed by atoms with Gasteiger partial charge in [0.2, 0.25) is 5.89 Å². The van der Waals surface area contributed by atoms with Crippen molar-refractivity contribution in [3.8, 4) is 17.2 Å². The lowest BCUT2D eigenvalue weighted by atomic mass is 10.0. The second-order valence-corrected chi connectivity index (χ2v) is 8.94. The first-order valence-electron chi connectivity index (χ1n) is 11.1. The van der Waals surface area contributed by atoms with Crippen molar-refractivity contribution < 1.29 is 13.9 Å². The monoisotopic (exact) mass is 514 g/mol. The fourth-order valence-corrected chi connectivity index (χ4v) is 4.78. The molecule has 5 nitrogen and oxygen atoms in total. The van der Waals surface area contributed by atoms with Gasteiger partial charge in [-0.2, -0.15) is 0 Å². The SMILES string of the molecule is CCc1ccc2oc(-c3ccc(C)c(NC(=O)c4cc5ccccc5c(Br)c4OC)c3)nc2c1. The largest absolute Gasteiger partial charge is 0.495 e. The number of nitrogens with zero attached hydrogens (tertiary/aromatic N) is 1. The molecule has 0 aliphatic heterocycles. The number of anilines is 1. The molecule has 4 aromatic carbocycles. The number of nitrogens with one attached hydrogen (secondary N) is 1. The van der Waals surface area contributed by atoms with Gasteiger partial charge in [0.25, 0.3) is 5.91 Å². The number of aromatic nitrogens is 1. The maximum absolute atomic E-state index is 13.4. The van der Waals surface area contributed by atoms with Gasteiger partial charge in [0, 0.05) is 11.3 Å². The van der Waals surface area contributed by atoms with Crippen LogP contribution in [0, 0.1) is 6.92 Å². The average molecular weight is 515 g/mol. The number of fused-ring (bicyclic) bond motifs is 2. The van der Waals surface area contributed by atoms with Gasteiger partial charge in [0.05, 0.1) is 17.1 Å². The Bertz CT molecular complexity index is 1550. The Kier molecular flexibility index (Phi) is 5.84. The molecule has 170 valence electrons. The number of benzene rings is 4. The molecule has 0 bridgehead atoms. The molecule has 0 saturated heterocycles. The van der Waals surface area contributed by atoms with Crippen LogP contribution in [0.2, 0.25) is 0 Å². The molecular weight excluding hydrogens is 492 g/mol. The van der Waals surface area contributed by atoms with E-state index < -0.39 is 0 Å². The van der Waals surface area contributed by atoms with Crippen LogP contribution >= 0.6 is 15.9 Å². The molecule has 0 radical (unpaired) electrons. The van der Waals surface area contributed by atoms with Crippen LogP contribution in [-0.4, -0.2) is 18.0 Å². The van der Waals surface area contributed by atoms with Crippen LogP contribution in [0.1, 0.15) is 28.4 Å². The molecule has 6 heteroatoms. The summed E-state index contributed by atoms with van der Waals surface area (Å²) in [4.78, 5) is 18.0. The molecule has 0 atom stereocenters. The van der Waals surface area contributed by atoms with Crippen LogP contribution in [0.4, 0.5) is 5.69 Å². The highest BCUT2D eigenvalue weighted by Crippen LogP contribution is 2.37. The first-order valence-corrected chi connectivity index (χ1v) is 11.8. The summed E-state index contributed by atoms with van der Waals surface area (Å²) in [5.74, 6) is 0.758. The third-order valence-corrected chi connectivity index (χ3v) is 6.77. The third kappa shape index (κ3) is 3.94. The molecule has 0 fully saturated rings. The summed E-state index contributed by atoms with van der Waals surface area (Å²) in [6.07, 6.45) is 0.938. The first-order chi connectivity index (χ1) is 16.5. The fourth-order valence-electron chi connectivity index (χ4n) is 4.05. The normalized spacial score (nSPS) is 11.2. The molecule has 5 rings (SSSR count). The number of aryl methyl sites for hydroxylation is 2. The number of oxazole rings is 1. The lowest BCUT2D eigenvalue weighted by molar-refractivity contribution is 0.102. The lowest BCUT2D eigenvalue weighted by Gasteiger charge is -2.15. The summed E-state index contributed by atoms with van der Waals surface area (Å²) < 4.78 is 12.3. The second-order valence-electron chi connectivity index (χ2n) is 8.15. The number of hydrogen-bond donors (Lipinski definition) is 1. The zero-order chi connectivity index (χ0) is 23.8. The van der Waals surface area contributed by atoms with E-state index in [1.54, 1.807) is 7.11 Å². The smallest absolute Gasteiger partial charge is 0.259 e. The summed E-state index contributed by atoms with van der Waals surface area (Å²) in [6.45, 7) is 4.06. The van der Waals surface area contributed by atoms with E-state index in [0.29, 0.717) is 22.9 Å². The van der Waals surface area contributed by atoms with Crippen molar-refractivity contribution >= 4 is 49.4 Å². The molecule has 0 aliphatic carbocycles. The summed E-state index contributed by atoms with van der Waals surface area (Å²) in [5.41, 5.74) is 5.63. The minimum atomic E-state index is -0.256. The minimum Gasteiger partial charge on any atom is -0.495 e. The molecule has 0 unspecified atom stereocenters. The Morgan fingerprint density at radius 2 is 1.91 bits per heavy atom. The maximum atomic E-state index is 13.4. The number of methoxy groups -OCH3 is 1. The number of carbonyl (C=O) groups excluding carboxylic acids is 1. The predicted molar refractivity (Wildman–Crippen MR) is 140 cm³/mol. The number of halogens is 1. The van der Waals surface area contributed by atoms with Gasteiger partial charge in [-0.25, -0.2) is 4.98 Å². The van der Waals surface area contributed by atoms with E-state index in [1.807, 2.05) is 73.7 Å². The van der Waals surface area contributed by atoms with Crippen LogP contribution < -0.4 is 10.1 Å². The van der Waals surface area contributed by atoms with Gasteiger partial charge in [-0.15, -0.1) is 0 Å². The topological polar surface area (TPSA) is 64.4 Å². The Balaban J connectivity index is 1.51. The summed E-state index contributed by atoms with van der Waals surface area (Å²) in [5, 5.41) is 4.98. The van der Waals surface area contributed by atoms with Crippen molar-refractivity contribution in [2.45, 2.75) is 20.3 Å². The highest BCUT2D eigenvalue weighted by atomic mass is 79.9. The number of carbonyl (C=O) groups is 1. The van der Waals surface area contributed by atoms with Gasteiger partial charge < -0.3 is 14.5 Å². The Labute approximate surface area is 205 Å². The first kappa shape index (κ1) is 22.2. The molecule has 1 aromatic heterocycles. The molecule has 1 heterocycles. The van der Waals surface area contributed by atoms with Crippen molar-refractivity contribution in [1.29, 1.82) is 0 Å². The molecule has 1 N–H and O–H groups in total. The number of rotatable bonds is 5. The van der Waals surface area contributed by atoms with E-state index in [9.17, 15) is 4.79 Å². The van der Waals surface area contributed by atoms with Crippen LogP contribution in [0.25, 0.3) is 33.3 Å². The minimum absolute atomic E-state index is 0.256. The van der Waals surface area contributed by atoms with Crippen molar-refractivity contribution in [1.82, 2.24) is 4.98 Å².